The van der Waals surface area contributed by atoms with E-state index in [1.165, 1.54) is 19.6 Å². The monoisotopic (exact) mass is 239 g/mol. The van der Waals surface area contributed by atoms with E-state index in [1.807, 2.05) is 0 Å². The Kier molecular flexibility index (Phi) is 5.88. The molecule has 17 heavy (non-hydrogen) atoms. The summed E-state index contributed by atoms with van der Waals surface area (Å²) in [6.45, 7) is 5.44. The minimum Gasteiger partial charge on any atom is -0.502 e. The van der Waals surface area contributed by atoms with Gasteiger partial charge in [-0.1, -0.05) is 6.58 Å². The number of methoxy groups -OCH3 is 1. The summed E-state index contributed by atoms with van der Waals surface area (Å²) in [5.41, 5.74) is 0.793. The lowest BCUT2D eigenvalue weighted by Gasteiger charge is -2.04. The predicted octanol–water partition coefficient (Wildman–Crippen LogP) is 1.71. The van der Waals surface area contributed by atoms with Crippen molar-refractivity contribution in [2.75, 3.05) is 20.3 Å². The van der Waals surface area contributed by atoms with Gasteiger partial charge in [-0.05, 0) is 19.0 Å². The zero-order valence-corrected chi connectivity index (χ0v) is 9.90. The highest BCUT2D eigenvalue weighted by Gasteiger charge is 2.14. The SMILES string of the molecule is C=COCCCNCc1ccoc1C(=O)OC. The molecule has 1 aromatic rings. The van der Waals surface area contributed by atoms with Crippen molar-refractivity contribution in [3.8, 4) is 0 Å². The third kappa shape index (κ3) is 4.32. The first-order chi connectivity index (χ1) is 8.29. The second-order valence-corrected chi connectivity index (χ2v) is 3.33. The van der Waals surface area contributed by atoms with Crippen LogP contribution in [-0.4, -0.2) is 26.2 Å². The van der Waals surface area contributed by atoms with Gasteiger partial charge in [-0.15, -0.1) is 0 Å². The van der Waals surface area contributed by atoms with Gasteiger partial charge in [-0.3, -0.25) is 0 Å². The molecule has 1 N–H and O–H groups in total. The topological polar surface area (TPSA) is 60.7 Å². The Morgan fingerprint density at radius 2 is 2.47 bits per heavy atom. The van der Waals surface area contributed by atoms with Crippen LogP contribution in [0.3, 0.4) is 0 Å². The minimum absolute atomic E-state index is 0.252. The quantitative estimate of drug-likeness (QED) is 0.425. The summed E-state index contributed by atoms with van der Waals surface area (Å²) >= 11 is 0. The molecule has 0 saturated heterocycles. The molecule has 0 aromatic carbocycles. The van der Waals surface area contributed by atoms with Crippen molar-refractivity contribution in [1.82, 2.24) is 5.32 Å². The molecular formula is C12H17NO4. The van der Waals surface area contributed by atoms with Crippen LogP contribution in [0.5, 0.6) is 0 Å². The summed E-state index contributed by atoms with van der Waals surface area (Å²) < 4.78 is 14.6. The molecule has 0 saturated carbocycles. The number of furan rings is 1. The maximum absolute atomic E-state index is 11.3. The highest BCUT2D eigenvalue weighted by Crippen LogP contribution is 2.11. The van der Waals surface area contributed by atoms with E-state index in [9.17, 15) is 4.79 Å². The molecule has 1 heterocycles. The Hall–Kier alpha value is -1.75. The van der Waals surface area contributed by atoms with Gasteiger partial charge in [0.15, 0.2) is 0 Å². The normalized spacial score (nSPS) is 9.94. The Balaban J connectivity index is 2.29. The number of rotatable bonds is 8. The zero-order valence-electron chi connectivity index (χ0n) is 9.90. The first-order valence-corrected chi connectivity index (χ1v) is 5.37. The van der Waals surface area contributed by atoms with Crippen LogP contribution in [0, 0.1) is 0 Å². The van der Waals surface area contributed by atoms with Crippen molar-refractivity contribution in [2.24, 2.45) is 0 Å². The van der Waals surface area contributed by atoms with E-state index in [2.05, 4.69) is 16.6 Å². The lowest BCUT2D eigenvalue weighted by atomic mass is 10.2. The molecule has 5 nitrogen and oxygen atoms in total. The van der Waals surface area contributed by atoms with Crippen LogP contribution in [0.1, 0.15) is 22.5 Å². The van der Waals surface area contributed by atoms with Gasteiger partial charge in [0.25, 0.3) is 0 Å². The number of hydrogen-bond donors (Lipinski definition) is 1. The fourth-order valence-electron chi connectivity index (χ4n) is 1.33. The van der Waals surface area contributed by atoms with Crippen molar-refractivity contribution < 1.29 is 18.7 Å². The highest BCUT2D eigenvalue weighted by molar-refractivity contribution is 5.87. The number of esters is 1. The molecule has 0 aliphatic carbocycles. The summed E-state index contributed by atoms with van der Waals surface area (Å²) in [5.74, 6) is -0.205. The molecule has 94 valence electrons. The van der Waals surface area contributed by atoms with E-state index in [4.69, 9.17) is 9.15 Å². The van der Waals surface area contributed by atoms with Crippen molar-refractivity contribution in [3.05, 3.63) is 36.5 Å². The molecule has 0 fully saturated rings. The van der Waals surface area contributed by atoms with Crippen molar-refractivity contribution in [2.45, 2.75) is 13.0 Å². The maximum Gasteiger partial charge on any atom is 0.374 e. The van der Waals surface area contributed by atoms with Crippen LogP contribution in [0.25, 0.3) is 0 Å². The summed E-state index contributed by atoms with van der Waals surface area (Å²) in [5, 5.41) is 3.18. The van der Waals surface area contributed by atoms with E-state index in [1.54, 1.807) is 6.07 Å². The van der Waals surface area contributed by atoms with Crippen molar-refractivity contribution >= 4 is 5.97 Å². The molecule has 0 atom stereocenters. The molecule has 0 bridgehead atoms. The van der Waals surface area contributed by atoms with E-state index < -0.39 is 5.97 Å². The minimum atomic E-state index is -0.457. The molecule has 1 aromatic heterocycles. The molecule has 1 rings (SSSR count). The molecule has 0 spiro atoms. The lowest BCUT2D eigenvalue weighted by molar-refractivity contribution is 0.0563. The molecule has 0 amide bonds. The number of nitrogens with one attached hydrogen (secondary N) is 1. The van der Waals surface area contributed by atoms with Crippen LogP contribution in [-0.2, 0) is 16.0 Å². The Morgan fingerprint density at radius 1 is 1.65 bits per heavy atom. The van der Waals surface area contributed by atoms with Crippen LogP contribution in [0.4, 0.5) is 0 Å². The second-order valence-electron chi connectivity index (χ2n) is 3.33. The van der Waals surface area contributed by atoms with Gasteiger partial charge >= 0.3 is 5.97 Å². The van der Waals surface area contributed by atoms with Crippen LogP contribution in [0.2, 0.25) is 0 Å². The maximum atomic E-state index is 11.3. The summed E-state index contributed by atoms with van der Waals surface area (Å²) in [7, 11) is 1.33. The number of carbonyl (C=O) groups excluding carboxylic acids is 1. The first kappa shape index (κ1) is 13.3. The zero-order chi connectivity index (χ0) is 12.5. The third-order valence-corrected chi connectivity index (χ3v) is 2.17. The van der Waals surface area contributed by atoms with Gasteiger partial charge < -0.3 is 19.2 Å². The van der Waals surface area contributed by atoms with E-state index in [-0.39, 0.29) is 5.76 Å². The van der Waals surface area contributed by atoms with E-state index >= 15 is 0 Å². The lowest BCUT2D eigenvalue weighted by Crippen LogP contribution is -2.17. The van der Waals surface area contributed by atoms with Crippen LogP contribution in [0.15, 0.2) is 29.6 Å². The van der Waals surface area contributed by atoms with Crippen molar-refractivity contribution in [3.63, 3.8) is 0 Å². The molecule has 0 unspecified atom stereocenters. The summed E-state index contributed by atoms with van der Waals surface area (Å²) in [4.78, 5) is 11.3. The fraction of sp³-hybridized carbons (Fsp3) is 0.417. The summed E-state index contributed by atoms with van der Waals surface area (Å²) in [6.07, 6.45) is 3.77. The smallest absolute Gasteiger partial charge is 0.374 e. The molecule has 0 aliphatic heterocycles. The van der Waals surface area contributed by atoms with Gasteiger partial charge in [0.05, 0.1) is 26.2 Å². The van der Waals surface area contributed by atoms with Crippen molar-refractivity contribution in [1.29, 1.82) is 0 Å². The average molecular weight is 239 g/mol. The number of carbonyl (C=O) groups is 1. The standard InChI is InChI=1S/C12H17NO4/c1-3-16-7-4-6-13-9-10-5-8-17-11(10)12(14)15-2/h3,5,8,13H,1,4,6-7,9H2,2H3. The molecular weight excluding hydrogens is 222 g/mol. The highest BCUT2D eigenvalue weighted by atomic mass is 16.5. The first-order valence-electron chi connectivity index (χ1n) is 5.37. The van der Waals surface area contributed by atoms with Crippen LogP contribution >= 0.6 is 0 Å². The third-order valence-electron chi connectivity index (χ3n) is 2.17. The van der Waals surface area contributed by atoms with E-state index in [0.717, 1.165) is 18.5 Å². The molecule has 0 radical (unpaired) electrons. The Bertz CT molecular complexity index is 359. The molecule has 5 heteroatoms. The molecule has 0 aliphatic rings. The number of hydrogen-bond acceptors (Lipinski definition) is 5. The Labute approximate surface area is 100 Å². The van der Waals surface area contributed by atoms with Gasteiger partial charge in [0, 0.05) is 12.1 Å². The van der Waals surface area contributed by atoms with Crippen LogP contribution < -0.4 is 5.32 Å². The number of ether oxygens (including phenoxy) is 2. The van der Waals surface area contributed by atoms with Gasteiger partial charge in [0.2, 0.25) is 5.76 Å². The predicted molar refractivity (Wildman–Crippen MR) is 62.5 cm³/mol. The van der Waals surface area contributed by atoms with Gasteiger partial charge in [0.1, 0.15) is 0 Å². The van der Waals surface area contributed by atoms with Gasteiger partial charge in [-0.2, -0.15) is 0 Å². The van der Waals surface area contributed by atoms with E-state index in [0.29, 0.717) is 13.2 Å². The van der Waals surface area contributed by atoms with Gasteiger partial charge in [-0.25, -0.2) is 4.79 Å². The second kappa shape index (κ2) is 7.51. The summed E-state index contributed by atoms with van der Waals surface area (Å²) in [6, 6.07) is 1.75. The Morgan fingerprint density at radius 3 is 3.18 bits per heavy atom. The largest absolute Gasteiger partial charge is 0.502 e. The average Bonchev–Trinajstić information content (AvgIpc) is 2.81. The fourth-order valence-corrected chi connectivity index (χ4v) is 1.33.